The molecule has 0 bridgehead atoms. The summed E-state index contributed by atoms with van der Waals surface area (Å²) in [4.78, 5) is 18.8. The first-order valence-corrected chi connectivity index (χ1v) is 9.06. The van der Waals surface area contributed by atoms with Crippen LogP contribution in [0.25, 0.3) is 11.0 Å². The Bertz CT molecular complexity index is 896. The van der Waals surface area contributed by atoms with Gasteiger partial charge in [0.25, 0.3) is 0 Å². The number of benzene rings is 2. The summed E-state index contributed by atoms with van der Waals surface area (Å²) in [5.74, 6) is -0.308. The zero-order valence-electron chi connectivity index (χ0n) is 15.0. The minimum absolute atomic E-state index is 0.308. The maximum atomic E-state index is 11.8. The van der Waals surface area contributed by atoms with Crippen molar-refractivity contribution in [3.63, 3.8) is 0 Å². The van der Waals surface area contributed by atoms with Crippen LogP contribution < -0.4 is 0 Å². The molecule has 1 aliphatic heterocycles. The number of esters is 1. The number of fused-ring (bicyclic) bond motifs is 1. The van der Waals surface area contributed by atoms with Crippen LogP contribution in [0.2, 0.25) is 0 Å². The van der Waals surface area contributed by atoms with Crippen molar-refractivity contribution in [2.45, 2.75) is 25.4 Å². The molecule has 0 saturated carbocycles. The first-order chi connectivity index (χ1) is 12.7. The maximum absolute atomic E-state index is 11.8. The zero-order valence-corrected chi connectivity index (χ0v) is 15.0. The minimum atomic E-state index is -0.308. The van der Waals surface area contributed by atoms with Crippen LogP contribution in [0.5, 0.6) is 0 Å². The molecular weight excluding hydrogens is 326 g/mol. The summed E-state index contributed by atoms with van der Waals surface area (Å²) in [6.45, 7) is 3.14. The average molecular weight is 349 g/mol. The van der Waals surface area contributed by atoms with Crippen LogP contribution in [0.3, 0.4) is 0 Å². The summed E-state index contributed by atoms with van der Waals surface area (Å²) in [7, 11) is 1.41. The Morgan fingerprint density at radius 2 is 1.92 bits per heavy atom. The summed E-state index contributed by atoms with van der Waals surface area (Å²) in [5.41, 5.74) is 3.86. The Morgan fingerprint density at radius 1 is 1.15 bits per heavy atom. The van der Waals surface area contributed by atoms with Gasteiger partial charge < -0.3 is 9.30 Å². The van der Waals surface area contributed by atoms with Crippen molar-refractivity contribution in [3.8, 4) is 0 Å². The number of aromatic nitrogens is 2. The Labute approximate surface area is 153 Å². The molecule has 0 amide bonds. The Hall–Kier alpha value is -2.66. The molecule has 0 spiro atoms. The first kappa shape index (κ1) is 16.8. The molecule has 3 aromatic rings. The minimum Gasteiger partial charge on any atom is -0.465 e. The molecule has 1 fully saturated rings. The predicted molar refractivity (Wildman–Crippen MR) is 101 cm³/mol. The number of piperidine rings is 1. The first-order valence-electron chi connectivity index (χ1n) is 9.06. The van der Waals surface area contributed by atoms with E-state index < -0.39 is 0 Å². The van der Waals surface area contributed by atoms with Gasteiger partial charge in [-0.3, -0.25) is 4.90 Å². The third-order valence-electron chi connectivity index (χ3n) is 5.20. The molecule has 0 N–H and O–H groups in total. The highest BCUT2D eigenvalue weighted by molar-refractivity contribution is 5.93. The van der Waals surface area contributed by atoms with Crippen LogP contribution in [-0.2, 0) is 11.3 Å². The molecule has 0 unspecified atom stereocenters. The largest absolute Gasteiger partial charge is 0.465 e. The van der Waals surface area contributed by atoms with Gasteiger partial charge in [-0.25, -0.2) is 9.78 Å². The van der Waals surface area contributed by atoms with Gasteiger partial charge in [-0.1, -0.05) is 30.3 Å². The summed E-state index contributed by atoms with van der Waals surface area (Å²) in [5, 5.41) is 0. The molecule has 1 aromatic heterocycles. The number of methoxy groups -OCH3 is 1. The number of ether oxygens (including phenoxy) is 1. The molecule has 2 heterocycles. The third kappa shape index (κ3) is 3.35. The lowest BCUT2D eigenvalue weighted by Gasteiger charge is -2.32. The fourth-order valence-corrected chi connectivity index (χ4v) is 3.76. The SMILES string of the molecule is COC(=O)c1ccc2ncn(C3CCN(Cc4ccccc4)CC3)c2c1. The van der Waals surface area contributed by atoms with Gasteiger partial charge in [0.1, 0.15) is 0 Å². The maximum Gasteiger partial charge on any atom is 0.337 e. The van der Waals surface area contributed by atoms with E-state index in [4.69, 9.17) is 4.74 Å². The van der Waals surface area contributed by atoms with Crippen molar-refractivity contribution in [2.75, 3.05) is 20.2 Å². The second-order valence-electron chi connectivity index (χ2n) is 6.84. The van der Waals surface area contributed by atoms with Crippen molar-refractivity contribution in [2.24, 2.45) is 0 Å². The summed E-state index contributed by atoms with van der Waals surface area (Å²) >= 11 is 0. The van der Waals surface area contributed by atoms with E-state index in [-0.39, 0.29) is 5.97 Å². The number of carbonyl (C=O) groups is 1. The van der Waals surface area contributed by atoms with E-state index in [1.807, 2.05) is 18.5 Å². The van der Waals surface area contributed by atoms with E-state index >= 15 is 0 Å². The molecule has 1 saturated heterocycles. The van der Waals surface area contributed by atoms with E-state index in [9.17, 15) is 4.79 Å². The van der Waals surface area contributed by atoms with Gasteiger partial charge >= 0.3 is 5.97 Å². The van der Waals surface area contributed by atoms with Crippen molar-refractivity contribution < 1.29 is 9.53 Å². The van der Waals surface area contributed by atoms with Crippen LogP contribution in [-0.4, -0.2) is 40.6 Å². The van der Waals surface area contributed by atoms with Crippen molar-refractivity contribution in [3.05, 3.63) is 66.0 Å². The fraction of sp³-hybridized carbons (Fsp3) is 0.333. The fourth-order valence-electron chi connectivity index (χ4n) is 3.76. The predicted octanol–water partition coefficient (Wildman–Crippen LogP) is 3.66. The monoisotopic (exact) mass is 349 g/mol. The molecule has 0 atom stereocenters. The van der Waals surface area contributed by atoms with Gasteiger partial charge in [0, 0.05) is 25.7 Å². The molecule has 134 valence electrons. The number of rotatable bonds is 4. The van der Waals surface area contributed by atoms with Crippen LogP contribution in [0.4, 0.5) is 0 Å². The molecule has 2 aromatic carbocycles. The number of likely N-dealkylation sites (tertiary alicyclic amines) is 1. The molecule has 0 radical (unpaired) electrons. The van der Waals surface area contributed by atoms with Crippen molar-refractivity contribution >= 4 is 17.0 Å². The average Bonchev–Trinajstić information content (AvgIpc) is 3.12. The lowest BCUT2D eigenvalue weighted by molar-refractivity contribution is 0.0601. The number of nitrogens with zero attached hydrogens (tertiary/aromatic N) is 3. The van der Waals surface area contributed by atoms with Gasteiger partial charge in [-0.2, -0.15) is 0 Å². The summed E-state index contributed by atoms with van der Waals surface area (Å²) in [6.07, 6.45) is 4.07. The molecule has 4 rings (SSSR count). The van der Waals surface area contributed by atoms with Crippen LogP contribution in [0, 0.1) is 0 Å². The van der Waals surface area contributed by atoms with Gasteiger partial charge in [0.15, 0.2) is 0 Å². The Balaban J connectivity index is 1.48. The molecule has 26 heavy (non-hydrogen) atoms. The highest BCUT2D eigenvalue weighted by Gasteiger charge is 2.22. The van der Waals surface area contributed by atoms with Crippen LogP contribution in [0.15, 0.2) is 54.9 Å². The summed E-state index contributed by atoms with van der Waals surface area (Å²) in [6, 6.07) is 16.6. The topological polar surface area (TPSA) is 47.4 Å². The second-order valence-corrected chi connectivity index (χ2v) is 6.84. The highest BCUT2D eigenvalue weighted by Crippen LogP contribution is 2.28. The lowest BCUT2D eigenvalue weighted by Crippen LogP contribution is -2.34. The van der Waals surface area contributed by atoms with E-state index in [0.29, 0.717) is 11.6 Å². The van der Waals surface area contributed by atoms with Gasteiger partial charge in [-0.15, -0.1) is 0 Å². The summed E-state index contributed by atoms with van der Waals surface area (Å²) < 4.78 is 7.07. The Morgan fingerprint density at radius 3 is 2.65 bits per heavy atom. The standard InChI is InChI=1S/C21H23N3O2/c1-26-21(25)17-7-8-19-20(13-17)24(15-22-19)18-9-11-23(12-10-18)14-16-5-3-2-4-6-16/h2-8,13,15,18H,9-12,14H2,1H3. The third-order valence-corrected chi connectivity index (χ3v) is 5.20. The van der Waals surface area contributed by atoms with E-state index in [1.165, 1.54) is 12.7 Å². The molecule has 0 aliphatic carbocycles. The molecule has 5 nitrogen and oxygen atoms in total. The van der Waals surface area contributed by atoms with Crippen LogP contribution >= 0.6 is 0 Å². The zero-order chi connectivity index (χ0) is 17.9. The van der Waals surface area contributed by atoms with E-state index in [2.05, 4.69) is 44.8 Å². The van der Waals surface area contributed by atoms with E-state index in [1.54, 1.807) is 6.07 Å². The quantitative estimate of drug-likeness (QED) is 0.675. The molecular formula is C21H23N3O2. The van der Waals surface area contributed by atoms with Gasteiger partial charge in [0.05, 0.1) is 30.0 Å². The number of hydrogen-bond donors (Lipinski definition) is 0. The number of carbonyl (C=O) groups excluding carboxylic acids is 1. The van der Waals surface area contributed by atoms with Gasteiger partial charge in [0.2, 0.25) is 0 Å². The van der Waals surface area contributed by atoms with E-state index in [0.717, 1.165) is 43.5 Å². The second kappa shape index (κ2) is 7.30. The van der Waals surface area contributed by atoms with Crippen molar-refractivity contribution in [1.82, 2.24) is 14.5 Å². The molecule has 5 heteroatoms. The van der Waals surface area contributed by atoms with Crippen LogP contribution in [0.1, 0.15) is 34.8 Å². The van der Waals surface area contributed by atoms with Gasteiger partial charge in [-0.05, 0) is 36.6 Å². The smallest absolute Gasteiger partial charge is 0.337 e. The number of hydrogen-bond acceptors (Lipinski definition) is 4. The normalized spacial score (nSPS) is 16.0. The lowest BCUT2D eigenvalue weighted by atomic mass is 10.0. The molecule has 1 aliphatic rings. The highest BCUT2D eigenvalue weighted by atomic mass is 16.5. The van der Waals surface area contributed by atoms with Crippen molar-refractivity contribution in [1.29, 1.82) is 0 Å². The number of imidazole rings is 1. The Kier molecular flexibility index (Phi) is 4.71.